The highest BCUT2D eigenvalue weighted by Gasteiger charge is 2.30. The van der Waals surface area contributed by atoms with Crippen LogP contribution in [0.25, 0.3) is 0 Å². The standard InChI is InChI=1S/C28H40P2/c1-5-15-25(16-6-1)29(26-17-7-2-8-18-26)23-13-14-24-30(27-19-9-3-10-20-27)28-21-11-4-12-22-28/h1-2,5-8,15-18,27-28H,3-4,9-14,19-24H2. The van der Waals surface area contributed by atoms with Gasteiger partial charge in [0.2, 0.25) is 0 Å². The Bertz CT molecular complexity index is 644. The normalized spacial score (nSPS) is 18.9. The molecule has 2 aromatic carbocycles. The fourth-order valence-corrected chi connectivity index (χ4v) is 12.1. The SMILES string of the molecule is c1ccc(P(CCCCP(C2CCCCC2)C2CCCCC2)c2ccccc2)cc1. The number of hydrogen-bond donors (Lipinski definition) is 0. The van der Waals surface area contributed by atoms with Crippen molar-refractivity contribution in [3.8, 4) is 0 Å². The van der Waals surface area contributed by atoms with Gasteiger partial charge in [-0.25, -0.2) is 0 Å². The average molecular weight is 439 g/mol. The van der Waals surface area contributed by atoms with Gasteiger partial charge < -0.3 is 0 Å². The lowest BCUT2D eigenvalue weighted by Crippen LogP contribution is -2.22. The van der Waals surface area contributed by atoms with Crippen molar-refractivity contribution in [1.29, 1.82) is 0 Å². The Morgan fingerprint density at radius 2 is 0.967 bits per heavy atom. The van der Waals surface area contributed by atoms with E-state index in [-0.39, 0.29) is 15.8 Å². The second-order valence-corrected chi connectivity index (χ2v) is 14.6. The van der Waals surface area contributed by atoms with Gasteiger partial charge in [0.1, 0.15) is 0 Å². The van der Waals surface area contributed by atoms with Crippen molar-refractivity contribution in [2.75, 3.05) is 12.3 Å². The third-order valence-electron chi connectivity index (χ3n) is 7.27. The van der Waals surface area contributed by atoms with Gasteiger partial charge in [0.25, 0.3) is 0 Å². The first-order chi connectivity index (χ1) is 14.9. The summed E-state index contributed by atoms with van der Waals surface area (Å²) in [5, 5.41) is 3.11. The van der Waals surface area contributed by atoms with E-state index in [9.17, 15) is 0 Å². The highest BCUT2D eigenvalue weighted by molar-refractivity contribution is 7.73. The number of hydrogen-bond acceptors (Lipinski definition) is 0. The van der Waals surface area contributed by atoms with Crippen molar-refractivity contribution >= 4 is 26.5 Å². The molecule has 0 saturated heterocycles. The summed E-state index contributed by atoms with van der Waals surface area (Å²) < 4.78 is 0. The van der Waals surface area contributed by atoms with Gasteiger partial charge in [-0.3, -0.25) is 0 Å². The van der Waals surface area contributed by atoms with Crippen LogP contribution in [0.4, 0.5) is 0 Å². The van der Waals surface area contributed by atoms with Gasteiger partial charge in [-0.2, -0.15) is 0 Å². The third-order valence-corrected chi connectivity index (χ3v) is 13.6. The Balaban J connectivity index is 1.36. The van der Waals surface area contributed by atoms with Crippen molar-refractivity contribution < 1.29 is 0 Å². The van der Waals surface area contributed by atoms with Crippen LogP contribution in [0.1, 0.15) is 77.0 Å². The van der Waals surface area contributed by atoms with Crippen LogP contribution < -0.4 is 10.6 Å². The summed E-state index contributed by atoms with van der Waals surface area (Å²) in [5.41, 5.74) is 2.23. The third kappa shape index (κ3) is 6.40. The molecule has 162 valence electrons. The summed E-state index contributed by atoms with van der Waals surface area (Å²) in [6, 6.07) is 22.6. The molecule has 0 N–H and O–H groups in total. The zero-order valence-corrected chi connectivity index (χ0v) is 20.5. The van der Waals surface area contributed by atoms with E-state index in [1.165, 1.54) is 57.5 Å². The molecule has 2 aliphatic carbocycles. The second-order valence-electron chi connectivity index (χ2n) is 9.35. The number of benzene rings is 2. The van der Waals surface area contributed by atoms with E-state index in [1.807, 2.05) is 0 Å². The fourth-order valence-electron chi connectivity index (χ4n) is 5.68. The molecule has 30 heavy (non-hydrogen) atoms. The monoisotopic (exact) mass is 438 g/mol. The Hall–Kier alpha value is -0.700. The van der Waals surface area contributed by atoms with Crippen molar-refractivity contribution in [2.24, 2.45) is 0 Å². The maximum Gasteiger partial charge on any atom is -0.0195 e. The molecule has 0 heterocycles. The molecule has 0 unspecified atom stereocenters. The summed E-state index contributed by atoms with van der Waals surface area (Å²) in [6.07, 6.45) is 21.1. The first-order valence-corrected chi connectivity index (χ1v) is 15.7. The summed E-state index contributed by atoms with van der Waals surface area (Å²) in [6.45, 7) is 0. The Labute approximate surface area is 187 Å². The highest BCUT2D eigenvalue weighted by atomic mass is 31.1. The molecular formula is C28H40P2. The van der Waals surface area contributed by atoms with Crippen LogP contribution in [-0.4, -0.2) is 23.6 Å². The zero-order chi connectivity index (χ0) is 20.4. The van der Waals surface area contributed by atoms with E-state index in [0.29, 0.717) is 0 Å². The molecule has 2 heteroatoms. The molecule has 0 aliphatic heterocycles. The van der Waals surface area contributed by atoms with Crippen molar-refractivity contribution in [2.45, 2.75) is 88.4 Å². The van der Waals surface area contributed by atoms with E-state index in [2.05, 4.69) is 60.7 Å². The lowest BCUT2D eigenvalue weighted by Gasteiger charge is -2.38. The van der Waals surface area contributed by atoms with Crippen LogP contribution >= 0.6 is 15.8 Å². The van der Waals surface area contributed by atoms with Gasteiger partial charge in [-0.15, -0.1) is 7.92 Å². The first-order valence-electron chi connectivity index (χ1n) is 12.6. The largest absolute Gasteiger partial charge is 0.100 e. The Morgan fingerprint density at radius 3 is 1.43 bits per heavy atom. The lowest BCUT2D eigenvalue weighted by atomic mass is 9.99. The van der Waals surface area contributed by atoms with Crippen LogP contribution in [-0.2, 0) is 0 Å². The van der Waals surface area contributed by atoms with Crippen LogP contribution in [0, 0.1) is 0 Å². The maximum absolute atomic E-state index is 2.36. The fraction of sp³-hybridized carbons (Fsp3) is 0.571. The van der Waals surface area contributed by atoms with Crippen molar-refractivity contribution in [3.63, 3.8) is 0 Å². The van der Waals surface area contributed by atoms with Gasteiger partial charge in [0.05, 0.1) is 0 Å². The molecule has 2 saturated carbocycles. The molecule has 0 spiro atoms. The summed E-state index contributed by atoms with van der Waals surface area (Å²) >= 11 is 0. The average Bonchev–Trinajstić information content (AvgIpc) is 2.84. The smallest absolute Gasteiger partial charge is 0.0195 e. The van der Waals surface area contributed by atoms with Crippen molar-refractivity contribution in [1.82, 2.24) is 0 Å². The van der Waals surface area contributed by atoms with E-state index in [4.69, 9.17) is 0 Å². The van der Waals surface area contributed by atoms with E-state index >= 15 is 0 Å². The molecular weight excluding hydrogens is 398 g/mol. The van der Waals surface area contributed by atoms with Crippen LogP contribution in [0.2, 0.25) is 0 Å². The maximum atomic E-state index is 2.36. The minimum atomic E-state index is -0.204. The quantitative estimate of drug-likeness (QED) is 0.274. The molecule has 2 fully saturated rings. The zero-order valence-electron chi connectivity index (χ0n) is 18.7. The molecule has 4 rings (SSSR count). The number of unbranched alkanes of at least 4 members (excludes halogenated alkanes) is 1. The molecule has 2 aliphatic rings. The van der Waals surface area contributed by atoms with Gasteiger partial charge in [0.15, 0.2) is 0 Å². The minimum absolute atomic E-state index is 0.204. The molecule has 0 amide bonds. The predicted molar refractivity (Wildman–Crippen MR) is 139 cm³/mol. The first kappa shape index (κ1) is 22.5. The van der Waals surface area contributed by atoms with Crippen LogP contribution in [0.5, 0.6) is 0 Å². The molecule has 2 aromatic rings. The predicted octanol–water partition coefficient (Wildman–Crippen LogP) is 8.05. The Kier molecular flexibility index (Phi) is 9.27. The molecule has 0 atom stereocenters. The van der Waals surface area contributed by atoms with Crippen LogP contribution in [0.15, 0.2) is 60.7 Å². The Morgan fingerprint density at radius 1 is 0.533 bits per heavy atom. The van der Waals surface area contributed by atoms with Gasteiger partial charge in [0, 0.05) is 0 Å². The van der Waals surface area contributed by atoms with Gasteiger partial charge in [-0.05, 0) is 80.7 Å². The van der Waals surface area contributed by atoms with E-state index in [1.54, 1.807) is 42.5 Å². The van der Waals surface area contributed by atoms with Gasteiger partial charge in [-0.1, -0.05) is 99.2 Å². The van der Waals surface area contributed by atoms with Crippen LogP contribution in [0.3, 0.4) is 0 Å². The molecule has 0 nitrogen and oxygen atoms in total. The lowest BCUT2D eigenvalue weighted by molar-refractivity contribution is 0.483. The highest BCUT2D eigenvalue weighted by Crippen LogP contribution is 2.56. The summed E-state index contributed by atoms with van der Waals surface area (Å²) in [5.74, 6) is 0. The number of rotatable bonds is 9. The van der Waals surface area contributed by atoms with Crippen molar-refractivity contribution in [3.05, 3.63) is 60.7 Å². The topological polar surface area (TPSA) is 0 Å². The minimum Gasteiger partial charge on any atom is -0.100 e. The summed E-state index contributed by atoms with van der Waals surface area (Å²) in [4.78, 5) is 0. The van der Waals surface area contributed by atoms with E-state index in [0.717, 1.165) is 11.3 Å². The van der Waals surface area contributed by atoms with Gasteiger partial charge >= 0.3 is 0 Å². The molecule has 0 aromatic heterocycles. The second kappa shape index (κ2) is 12.4. The van der Waals surface area contributed by atoms with E-state index < -0.39 is 0 Å². The molecule has 0 radical (unpaired) electrons. The summed E-state index contributed by atoms with van der Waals surface area (Å²) in [7, 11) is 0.0673. The molecule has 0 bridgehead atoms.